The highest BCUT2D eigenvalue weighted by molar-refractivity contribution is 5.79. The van der Waals surface area contributed by atoms with Crippen molar-refractivity contribution in [1.29, 1.82) is 0 Å². The predicted molar refractivity (Wildman–Crippen MR) is 126 cm³/mol. The Kier molecular flexibility index (Phi) is 6.32. The SMILES string of the molecule is CC(C)CN1CCN(CC(=O)N(Cc2ccc(F)cc2)C23CC4CC(CC(C4)C2)C3)CC1. The first-order valence-corrected chi connectivity index (χ1v) is 12.9. The van der Waals surface area contributed by atoms with Gasteiger partial charge in [-0.15, -0.1) is 0 Å². The van der Waals surface area contributed by atoms with Crippen LogP contribution in [0.15, 0.2) is 24.3 Å². The summed E-state index contributed by atoms with van der Waals surface area (Å²) in [5, 5.41) is 0. The van der Waals surface area contributed by atoms with E-state index in [2.05, 4.69) is 28.5 Å². The molecule has 1 saturated heterocycles. The van der Waals surface area contributed by atoms with Gasteiger partial charge in [-0.25, -0.2) is 4.39 Å². The molecule has 32 heavy (non-hydrogen) atoms. The fourth-order valence-corrected chi connectivity index (χ4v) is 7.61. The van der Waals surface area contributed by atoms with Crippen LogP contribution in [0.4, 0.5) is 4.39 Å². The molecule has 0 unspecified atom stereocenters. The molecule has 0 spiro atoms. The number of benzene rings is 1. The second-order valence-corrected chi connectivity index (χ2v) is 11.7. The van der Waals surface area contributed by atoms with Gasteiger partial charge in [0.15, 0.2) is 0 Å². The van der Waals surface area contributed by atoms with E-state index in [1.165, 1.54) is 50.7 Å². The van der Waals surface area contributed by atoms with E-state index >= 15 is 0 Å². The maximum atomic E-state index is 13.9. The molecule has 0 aromatic heterocycles. The number of nitrogens with zero attached hydrogens (tertiary/aromatic N) is 3. The van der Waals surface area contributed by atoms with E-state index in [0.29, 0.717) is 19.0 Å². The second-order valence-electron chi connectivity index (χ2n) is 11.7. The molecule has 6 rings (SSSR count). The summed E-state index contributed by atoms with van der Waals surface area (Å²) in [5.41, 5.74) is 1.08. The van der Waals surface area contributed by atoms with Crippen LogP contribution in [0.25, 0.3) is 0 Å². The molecule has 1 aliphatic heterocycles. The fourth-order valence-electron chi connectivity index (χ4n) is 7.61. The Bertz CT molecular complexity index is 764. The van der Waals surface area contributed by atoms with Gasteiger partial charge in [0.05, 0.1) is 6.54 Å². The Morgan fingerprint density at radius 1 is 0.969 bits per heavy atom. The molecule has 4 saturated carbocycles. The fraction of sp³-hybridized carbons (Fsp3) is 0.741. The van der Waals surface area contributed by atoms with Crippen molar-refractivity contribution in [2.75, 3.05) is 39.3 Å². The topological polar surface area (TPSA) is 26.8 Å². The van der Waals surface area contributed by atoms with Crippen molar-refractivity contribution in [3.63, 3.8) is 0 Å². The van der Waals surface area contributed by atoms with Gasteiger partial charge in [0.2, 0.25) is 5.91 Å². The first-order valence-electron chi connectivity index (χ1n) is 12.9. The normalized spacial score (nSPS) is 32.6. The lowest BCUT2D eigenvalue weighted by atomic mass is 9.52. The van der Waals surface area contributed by atoms with Crippen LogP contribution in [0.2, 0.25) is 0 Å². The average Bonchev–Trinajstić information content (AvgIpc) is 2.73. The molecule has 1 heterocycles. The van der Waals surface area contributed by atoms with Crippen molar-refractivity contribution in [1.82, 2.24) is 14.7 Å². The van der Waals surface area contributed by atoms with E-state index in [1.807, 2.05) is 12.1 Å². The van der Waals surface area contributed by atoms with E-state index in [4.69, 9.17) is 0 Å². The minimum absolute atomic E-state index is 0.0275. The minimum atomic E-state index is -0.208. The standard InChI is InChI=1S/C27H40FN3O/c1-20(2)17-29-7-9-30(10-8-29)19-26(32)31(18-21-3-5-25(28)6-4-21)27-14-22-11-23(15-27)13-24(12-22)16-27/h3-6,20,22-24H,7-19H2,1-2H3. The van der Waals surface area contributed by atoms with Crippen LogP contribution in [0, 0.1) is 29.5 Å². The molecule has 4 nitrogen and oxygen atoms in total. The maximum Gasteiger partial charge on any atom is 0.237 e. The highest BCUT2D eigenvalue weighted by atomic mass is 19.1. The van der Waals surface area contributed by atoms with Crippen molar-refractivity contribution in [2.45, 2.75) is 64.5 Å². The van der Waals surface area contributed by atoms with Crippen LogP contribution in [-0.4, -0.2) is 65.4 Å². The average molecular weight is 442 g/mol. The Balaban J connectivity index is 1.31. The molecular formula is C27H40FN3O. The molecule has 0 N–H and O–H groups in total. The highest BCUT2D eigenvalue weighted by Crippen LogP contribution is 2.58. The van der Waals surface area contributed by atoms with Crippen LogP contribution in [0.3, 0.4) is 0 Å². The molecule has 176 valence electrons. The minimum Gasteiger partial charge on any atom is -0.332 e. The first-order chi connectivity index (χ1) is 15.4. The van der Waals surface area contributed by atoms with Gasteiger partial charge in [-0.2, -0.15) is 0 Å². The van der Waals surface area contributed by atoms with Crippen LogP contribution >= 0.6 is 0 Å². The predicted octanol–water partition coefficient (Wildman–Crippen LogP) is 4.40. The molecule has 4 aliphatic carbocycles. The number of carbonyl (C=O) groups excluding carboxylic acids is 1. The van der Waals surface area contributed by atoms with Crippen molar-refractivity contribution in [3.05, 3.63) is 35.6 Å². The first kappa shape index (κ1) is 22.3. The smallest absolute Gasteiger partial charge is 0.237 e. The van der Waals surface area contributed by atoms with E-state index in [9.17, 15) is 9.18 Å². The van der Waals surface area contributed by atoms with Gasteiger partial charge in [0, 0.05) is 44.8 Å². The summed E-state index contributed by atoms with van der Waals surface area (Å²) < 4.78 is 13.5. The molecule has 1 aromatic carbocycles. The van der Waals surface area contributed by atoms with Crippen molar-refractivity contribution >= 4 is 5.91 Å². The lowest BCUT2D eigenvalue weighted by Crippen LogP contribution is -2.62. The Morgan fingerprint density at radius 2 is 1.50 bits per heavy atom. The van der Waals surface area contributed by atoms with Gasteiger partial charge < -0.3 is 9.80 Å². The zero-order valence-electron chi connectivity index (χ0n) is 19.9. The molecule has 4 bridgehead atoms. The van der Waals surface area contributed by atoms with Crippen LogP contribution in [0.1, 0.15) is 57.9 Å². The zero-order valence-corrected chi connectivity index (χ0v) is 19.9. The number of amides is 1. The van der Waals surface area contributed by atoms with E-state index in [1.54, 1.807) is 0 Å². The molecule has 5 fully saturated rings. The number of piperazine rings is 1. The number of carbonyl (C=O) groups is 1. The van der Waals surface area contributed by atoms with Gasteiger partial charge in [0.25, 0.3) is 0 Å². The van der Waals surface area contributed by atoms with Crippen LogP contribution < -0.4 is 0 Å². The summed E-state index contributed by atoms with van der Waals surface area (Å²) in [4.78, 5) is 21.0. The second kappa shape index (κ2) is 9.06. The van der Waals surface area contributed by atoms with Gasteiger partial charge in [-0.05, 0) is 79.9 Å². The van der Waals surface area contributed by atoms with Gasteiger partial charge in [-0.1, -0.05) is 26.0 Å². The Morgan fingerprint density at radius 3 is 2.03 bits per heavy atom. The molecule has 5 heteroatoms. The Labute approximate surface area is 193 Å². The van der Waals surface area contributed by atoms with E-state index in [0.717, 1.165) is 56.0 Å². The number of hydrogen-bond donors (Lipinski definition) is 0. The molecule has 0 atom stereocenters. The number of rotatable bonds is 7. The summed E-state index contributed by atoms with van der Waals surface area (Å²) in [6.45, 7) is 10.9. The molecule has 1 amide bonds. The summed E-state index contributed by atoms with van der Waals surface area (Å²) >= 11 is 0. The summed E-state index contributed by atoms with van der Waals surface area (Å²) in [6, 6.07) is 6.79. The van der Waals surface area contributed by atoms with Crippen LogP contribution in [-0.2, 0) is 11.3 Å². The third-order valence-corrected chi connectivity index (χ3v) is 8.58. The van der Waals surface area contributed by atoms with Gasteiger partial charge in [-0.3, -0.25) is 9.69 Å². The van der Waals surface area contributed by atoms with Crippen molar-refractivity contribution in [3.8, 4) is 0 Å². The third-order valence-electron chi connectivity index (χ3n) is 8.58. The van der Waals surface area contributed by atoms with Gasteiger partial charge >= 0.3 is 0 Å². The lowest BCUT2D eigenvalue weighted by Gasteiger charge is -2.60. The quantitative estimate of drug-likeness (QED) is 0.628. The Hall–Kier alpha value is -1.46. The molecule has 1 aromatic rings. The monoisotopic (exact) mass is 441 g/mol. The van der Waals surface area contributed by atoms with Crippen molar-refractivity contribution in [2.24, 2.45) is 23.7 Å². The highest BCUT2D eigenvalue weighted by Gasteiger charge is 2.54. The van der Waals surface area contributed by atoms with E-state index in [-0.39, 0.29) is 17.3 Å². The lowest BCUT2D eigenvalue weighted by molar-refractivity contribution is -0.154. The number of halogens is 1. The zero-order chi connectivity index (χ0) is 22.3. The summed E-state index contributed by atoms with van der Waals surface area (Å²) in [5.74, 6) is 3.15. The molecule has 0 radical (unpaired) electrons. The summed E-state index contributed by atoms with van der Waals surface area (Å²) in [6.07, 6.45) is 7.64. The maximum absolute atomic E-state index is 13.9. The summed E-state index contributed by atoms with van der Waals surface area (Å²) in [7, 11) is 0. The van der Waals surface area contributed by atoms with Gasteiger partial charge in [0.1, 0.15) is 5.82 Å². The van der Waals surface area contributed by atoms with Crippen molar-refractivity contribution < 1.29 is 9.18 Å². The third kappa shape index (κ3) is 4.75. The molecular weight excluding hydrogens is 401 g/mol. The molecule has 5 aliphatic rings. The number of hydrogen-bond acceptors (Lipinski definition) is 3. The largest absolute Gasteiger partial charge is 0.332 e. The van der Waals surface area contributed by atoms with E-state index < -0.39 is 0 Å². The van der Waals surface area contributed by atoms with Crippen LogP contribution in [0.5, 0.6) is 0 Å².